The van der Waals surface area contributed by atoms with Gasteiger partial charge in [0.1, 0.15) is 24.1 Å². The molecule has 2 aromatic carbocycles. The van der Waals surface area contributed by atoms with Crippen LogP contribution in [0.15, 0.2) is 54.6 Å². The summed E-state index contributed by atoms with van der Waals surface area (Å²) in [6, 6.07) is 11.0. The van der Waals surface area contributed by atoms with Crippen molar-refractivity contribution in [2.24, 2.45) is 0 Å². The summed E-state index contributed by atoms with van der Waals surface area (Å²) in [6.07, 6.45) is -0.662. The largest absolute Gasteiger partial charge is 0.478 e. The first-order valence-electron chi connectivity index (χ1n) is 11.9. The molecule has 2 saturated heterocycles. The van der Waals surface area contributed by atoms with Crippen molar-refractivity contribution in [2.75, 3.05) is 0 Å². The van der Waals surface area contributed by atoms with Gasteiger partial charge in [-0.25, -0.2) is 9.59 Å². The van der Waals surface area contributed by atoms with E-state index < -0.39 is 56.7 Å². The molecule has 4 atom stereocenters. The predicted octanol–water partition coefficient (Wildman–Crippen LogP) is 1.27. The Morgan fingerprint density at radius 3 is 2.40 bits per heavy atom. The number of hydrogen-bond acceptors (Lipinski definition) is 9. The molecule has 0 aliphatic carbocycles. The van der Waals surface area contributed by atoms with E-state index >= 15 is 0 Å². The summed E-state index contributed by atoms with van der Waals surface area (Å²) in [6.45, 7) is 2.85. The Bertz CT molecular complexity index is 1350. The number of alkyl carbamates (subject to hydrolysis) is 1. The summed E-state index contributed by atoms with van der Waals surface area (Å²) in [5.74, 6) is -3.09. The van der Waals surface area contributed by atoms with Crippen molar-refractivity contribution >= 4 is 47.7 Å². The molecule has 4 N–H and O–H groups in total. The maximum absolute atomic E-state index is 13.7. The molecule has 0 aromatic heterocycles. The van der Waals surface area contributed by atoms with Crippen molar-refractivity contribution in [2.45, 2.75) is 48.3 Å². The zero-order valence-electron chi connectivity index (χ0n) is 21.2. The monoisotopic (exact) mass is 571 g/mol. The van der Waals surface area contributed by atoms with Crippen LogP contribution >= 0.6 is 11.8 Å². The molecule has 2 aromatic rings. The summed E-state index contributed by atoms with van der Waals surface area (Å²) in [4.78, 5) is 74.2. The molecule has 40 heavy (non-hydrogen) atoms. The molecule has 2 fully saturated rings. The minimum Gasteiger partial charge on any atom is -0.478 e. The number of carboxylic acid groups (broad SMARTS) is 1. The predicted molar refractivity (Wildman–Crippen MR) is 139 cm³/mol. The van der Waals surface area contributed by atoms with Gasteiger partial charge in [0.05, 0.1) is 9.67 Å². The number of nitrogens with one attached hydrogen (secondary N) is 3. The van der Waals surface area contributed by atoms with Crippen molar-refractivity contribution in [3.05, 3.63) is 75.8 Å². The lowest BCUT2D eigenvalue weighted by molar-refractivity contribution is -0.384. The molecule has 2 aliphatic heterocycles. The number of thioether (sulfide) groups is 1. The molecule has 0 saturated carbocycles. The van der Waals surface area contributed by atoms with E-state index in [1.54, 1.807) is 44.2 Å². The highest BCUT2D eigenvalue weighted by molar-refractivity contribution is 8.01. The molecule has 1 unspecified atom stereocenters. The minimum atomic E-state index is -2.20. The second-order valence-electron chi connectivity index (χ2n) is 9.48. The molecule has 210 valence electrons. The SMILES string of the molecule is CC1(C)S[C@@H]2[C@H](NC=O)C(=O)N2[C@@]1(NC(=O)C(NC(=O)OCc1ccc([N+](=O)[O-])cc1)c1ccccc1)C(=O)O. The number of nitrogens with zero attached hydrogens (tertiary/aromatic N) is 2. The minimum absolute atomic E-state index is 0.134. The first-order valence-corrected chi connectivity index (χ1v) is 12.8. The van der Waals surface area contributed by atoms with Gasteiger partial charge in [-0.05, 0) is 37.1 Å². The van der Waals surface area contributed by atoms with Crippen LogP contribution in [0.4, 0.5) is 10.5 Å². The van der Waals surface area contributed by atoms with Crippen molar-refractivity contribution < 1.29 is 38.7 Å². The number of rotatable bonds is 10. The van der Waals surface area contributed by atoms with Gasteiger partial charge in [0.2, 0.25) is 18.0 Å². The van der Waals surface area contributed by atoms with Crippen LogP contribution in [0.5, 0.6) is 0 Å². The summed E-state index contributed by atoms with van der Waals surface area (Å²) >= 11 is 1.11. The standard InChI is InChI=1S/C25H25N5O9S/c1-24(2)25(22(34)35,29-20(33)18(26-13-31)21(29)40-24)28-19(32)17(15-6-4-3-5-7-15)27-23(36)39-12-14-8-10-16(11-9-14)30(37)38/h3-11,13,17-18,21H,12H2,1-2H3,(H,26,31)(H,27,36)(H,28,32)(H,34,35)/t17?,18-,21-,25+/m1/s1. The Labute approximate surface area is 231 Å². The molecule has 4 amide bonds. The van der Waals surface area contributed by atoms with E-state index in [1.807, 2.05) is 0 Å². The van der Waals surface area contributed by atoms with Gasteiger partial charge >= 0.3 is 12.1 Å². The second kappa shape index (κ2) is 10.8. The van der Waals surface area contributed by atoms with Gasteiger partial charge in [-0.3, -0.25) is 29.4 Å². The number of carboxylic acids is 1. The Hall–Kier alpha value is -4.66. The quantitative estimate of drug-likeness (QED) is 0.139. The number of benzene rings is 2. The van der Waals surface area contributed by atoms with Gasteiger partial charge in [0, 0.05) is 12.1 Å². The summed E-state index contributed by atoms with van der Waals surface area (Å²) < 4.78 is 3.95. The maximum atomic E-state index is 13.7. The highest BCUT2D eigenvalue weighted by atomic mass is 32.2. The molecule has 15 heteroatoms. The number of amides is 4. The van der Waals surface area contributed by atoms with Crippen LogP contribution in [0, 0.1) is 10.1 Å². The van der Waals surface area contributed by atoms with E-state index in [2.05, 4.69) is 16.0 Å². The van der Waals surface area contributed by atoms with Gasteiger partial charge in [-0.15, -0.1) is 11.8 Å². The van der Waals surface area contributed by atoms with Gasteiger partial charge in [-0.1, -0.05) is 30.3 Å². The van der Waals surface area contributed by atoms with E-state index in [4.69, 9.17) is 4.74 Å². The normalized spacial score (nSPS) is 23.1. The van der Waals surface area contributed by atoms with Crippen LogP contribution in [0.3, 0.4) is 0 Å². The third-order valence-corrected chi connectivity index (χ3v) is 8.34. The van der Waals surface area contributed by atoms with E-state index in [0.29, 0.717) is 17.5 Å². The molecule has 0 spiro atoms. The van der Waals surface area contributed by atoms with Crippen molar-refractivity contribution in [3.8, 4) is 0 Å². The Kier molecular flexibility index (Phi) is 7.68. The molecule has 0 bridgehead atoms. The smallest absolute Gasteiger partial charge is 0.408 e. The lowest BCUT2D eigenvalue weighted by atomic mass is 9.88. The van der Waals surface area contributed by atoms with Crippen LogP contribution in [0.2, 0.25) is 0 Å². The highest BCUT2D eigenvalue weighted by Gasteiger charge is 2.74. The van der Waals surface area contributed by atoms with Crippen LogP contribution < -0.4 is 16.0 Å². The summed E-state index contributed by atoms with van der Waals surface area (Å²) in [5.41, 5.74) is -1.57. The molecule has 0 radical (unpaired) electrons. The summed E-state index contributed by atoms with van der Waals surface area (Å²) in [7, 11) is 0. The van der Waals surface area contributed by atoms with Gasteiger partial charge in [0.25, 0.3) is 11.6 Å². The van der Waals surface area contributed by atoms with E-state index in [-0.39, 0.29) is 12.3 Å². The van der Waals surface area contributed by atoms with Gasteiger partial charge in [0.15, 0.2) is 0 Å². The van der Waals surface area contributed by atoms with E-state index in [9.17, 15) is 39.2 Å². The average Bonchev–Trinajstić information content (AvgIpc) is 3.13. The maximum Gasteiger partial charge on any atom is 0.408 e. The number of β-lactam (4-membered cyclic amide) rings is 1. The Balaban J connectivity index is 1.56. The number of ether oxygens (including phenoxy) is 1. The third kappa shape index (κ3) is 4.90. The molecular weight excluding hydrogens is 546 g/mol. The fraction of sp³-hybridized carbons (Fsp3) is 0.320. The molecular formula is C25H25N5O9S. The Morgan fingerprint density at radius 2 is 1.82 bits per heavy atom. The molecule has 14 nitrogen and oxygen atoms in total. The average molecular weight is 572 g/mol. The van der Waals surface area contributed by atoms with Crippen LogP contribution in [-0.2, 0) is 30.5 Å². The number of carbonyl (C=O) groups is 5. The van der Waals surface area contributed by atoms with Crippen molar-refractivity contribution in [1.82, 2.24) is 20.9 Å². The first-order chi connectivity index (χ1) is 18.9. The highest BCUT2D eigenvalue weighted by Crippen LogP contribution is 2.55. The topological polar surface area (TPSA) is 197 Å². The Morgan fingerprint density at radius 1 is 1.18 bits per heavy atom. The van der Waals surface area contributed by atoms with Crippen molar-refractivity contribution in [3.63, 3.8) is 0 Å². The molecule has 4 rings (SSSR count). The van der Waals surface area contributed by atoms with E-state index in [0.717, 1.165) is 16.7 Å². The second-order valence-corrected chi connectivity index (χ2v) is 11.2. The number of carbonyl (C=O) groups excluding carboxylic acids is 4. The van der Waals surface area contributed by atoms with E-state index in [1.165, 1.54) is 24.3 Å². The number of nitro benzene ring substituents is 1. The number of aliphatic carboxylic acids is 1. The fourth-order valence-electron chi connectivity index (χ4n) is 4.69. The zero-order chi connectivity index (χ0) is 29.2. The lowest BCUT2D eigenvalue weighted by Crippen LogP contribution is -2.80. The number of nitro groups is 1. The van der Waals surface area contributed by atoms with Crippen LogP contribution in [-0.4, -0.2) is 67.0 Å². The molecule has 2 aliphatic rings. The van der Waals surface area contributed by atoms with Crippen LogP contribution in [0.25, 0.3) is 0 Å². The lowest BCUT2D eigenvalue weighted by Gasteiger charge is -2.49. The number of hydrogen-bond donors (Lipinski definition) is 4. The summed E-state index contributed by atoms with van der Waals surface area (Å²) in [5, 5.41) is 27.7. The zero-order valence-corrected chi connectivity index (χ0v) is 22.0. The fourth-order valence-corrected chi connectivity index (χ4v) is 6.40. The van der Waals surface area contributed by atoms with Crippen LogP contribution in [0.1, 0.15) is 31.0 Å². The van der Waals surface area contributed by atoms with Crippen molar-refractivity contribution in [1.29, 1.82) is 0 Å². The molecule has 2 heterocycles. The van der Waals surface area contributed by atoms with Gasteiger partial charge < -0.3 is 25.8 Å². The first kappa shape index (κ1) is 28.4. The van der Waals surface area contributed by atoms with Gasteiger partial charge in [-0.2, -0.15) is 0 Å². The number of fused-ring (bicyclic) bond motifs is 1. The number of non-ortho nitro benzene ring substituents is 1. The third-order valence-electron chi connectivity index (χ3n) is 6.73.